The predicted molar refractivity (Wildman–Crippen MR) is 40.1 cm³/mol. The number of allylic oxidation sites excluding steroid dienone is 2. The SMILES string of the molecule is ClC#CC1C=CCCC1. The molecule has 1 unspecified atom stereocenters. The average Bonchev–Trinajstić information content (AvgIpc) is 1.91. The van der Waals surface area contributed by atoms with Crippen LogP contribution in [0.25, 0.3) is 0 Å². The molecule has 0 amide bonds. The van der Waals surface area contributed by atoms with Crippen LogP contribution in [-0.4, -0.2) is 0 Å². The topological polar surface area (TPSA) is 0 Å². The minimum Gasteiger partial charge on any atom is -0.0873 e. The van der Waals surface area contributed by atoms with E-state index in [0.29, 0.717) is 5.92 Å². The summed E-state index contributed by atoms with van der Waals surface area (Å²) in [6.07, 6.45) is 7.96. The van der Waals surface area contributed by atoms with Gasteiger partial charge in [0.25, 0.3) is 0 Å². The first-order valence-corrected chi connectivity index (χ1v) is 3.59. The van der Waals surface area contributed by atoms with Crippen molar-refractivity contribution >= 4 is 11.6 Å². The quantitative estimate of drug-likeness (QED) is 0.358. The highest BCUT2D eigenvalue weighted by Gasteiger charge is 2.02. The second-order valence-electron chi connectivity index (χ2n) is 2.20. The van der Waals surface area contributed by atoms with E-state index < -0.39 is 0 Å². The summed E-state index contributed by atoms with van der Waals surface area (Å²) < 4.78 is 0. The molecule has 48 valence electrons. The van der Waals surface area contributed by atoms with E-state index in [4.69, 9.17) is 11.6 Å². The van der Waals surface area contributed by atoms with E-state index in [9.17, 15) is 0 Å². The largest absolute Gasteiger partial charge is 0.0873 e. The van der Waals surface area contributed by atoms with E-state index in [1.54, 1.807) is 0 Å². The van der Waals surface area contributed by atoms with E-state index in [-0.39, 0.29) is 0 Å². The van der Waals surface area contributed by atoms with Crippen LogP contribution < -0.4 is 0 Å². The first kappa shape index (κ1) is 6.71. The third-order valence-electron chi connectivity index (χ3n) is 1.49. The van der Waals surface area contributed by atoms with Gasteiger partial charge in [0.2, 0.25) is 0 Å². The van der Waals surface area contributed by atoms with Crippen molar-refractivity contribution in [1.82, 2.24) is 0 Å². The Balaban J connectivity index is 2.46. The molecule has 0 saturated heterocycles. The molecule has 1 rings (SSSR count). The predicted octanol–water partition coefficient (Wildman–Crippen LogP) is 2.54. The smallest absolute Gasteiger partial charge is 0.0395 e. The zero-order chi connectivity index (χ0) is 6.53. The molecule has 9 heavy (non-hydrogen) atoms. The van der Waals surface area contributed by atoms with E-state index in [2.05, 4.69) is 23.5 Å². The lowest BCUT2D eigenvalue weighted by molar-refractivity contribution is 0.645. The van der Waals surface area contributed by atoms with Gasteiger partial charge in [0.05, 0.1) is 0 Å². The Labute approximate surface area is 60.9 Å². The maximum atomic E-state index is 5.24. The van der Waals surface area contributed by atoms with Crippen LogP contribution in [0.1, 0.15) is 19.3 Å². The average molecular weight is 141 g/mol. The summed E-state index contributed by atoms with van der Waals surface area (Å²) in [6, 6.07) is 0. The van der Waals surface area contributed by atoms with Gasteiger partial charge in [-0.25, -0.2) is 0 Å². The molecule has 0 fully saturated rings. The van der Waals surface area contributed by atoms with Crippen LogP contribution in [0.15, 0.2) is 12.2 Å². The maximum absolute atomic E-state index is 5.24. The molecule has 0 N–H and O–H groups in total. The molecule has 0 aliphatic heterocycles. The lowest BCUT2D eigenvalue weighted by Crippen LogP contribution is -1.95. The van der Waals surface area contributed by atoms with Crippen molar-refractivity contribution in [2.75, 3.05) is 0 Å². The Morgan fingerprint density at radius 2 is 2.44 bits per heavy atom. The van der Waals surface area contributed by atoms with E-state index >= 15 is 0 Å². The number of halogens is 1. The summed E-state index contributed by atoms with van der Waals surface area (Å²) in [5.74, 6) is 3.34. The summed E-state index contributed by atoms with van der Waals surface area (Å²) in [6.45, 7) is 0. The van der Waals surface area contributed by atoms with Crippen LogP contribution in [0, 0.1) is 17.2 Å². The Bertz CT molecular complexity index is 159. The van der Waals surface area contributed by atoms with Crippen molar-refractivity contribution in [1.29, 1.82) is 0 Å². The van der Waals surface area contributed by atoms with Crippen LogP contribution in [0.4, 0.5) is 0 Å². The Morgan fingerprint density at radius 3 is 3.00 bits per heavy atom. The molecule has 0 bridgehead atoms. The molecule has 0 nitrogen and oxygen atoms in total. The molecule has 0 aromatic heterocycles. The number of rotatable bonds is 0. The summed E-state index contributed by atoms with van der Waals surface area (Å²) in [5, 5.41) is 2.41. The van der Waals surface area contributed by atoms with Gasteiger partial charge in [0.1, 0.15) is 0 Å². The van der Waals surface area contributed by atoms with Gasteiger partial charge in [-0.3, -0.25) is 0 Å². The van der Waals surface area contributed by atoms with Gasteiger partial charge in [-0.05, 0) is 30.9 Å². The minimum atomic E-state index is 0.427. The van der Waals surface area contributed by atoms with Crippen LogP contribution in [0.2, 0.25) is 0 Å². The molecule has 0 radical (unpaired) electrons. The van der Waals surface area contributed by atoms with Crippen molar-refractivity contribution < 1.29 is 0 Å². The minimum absolute atomic E-state index is 0.427. The van der Waals surface area contributed by atoms with Crippen molar-refractivity contribution in [3.05, 3.63) is 12.2 Å². The lowest BCUT2D eigenvalue weighted by atomic mass is 9.97. The van der Waals surface area contributed by atoms with Crippen LogP contribution in [-0.2, 0) is 0 Å². The molecule has 1 aliphatic carbocycles. The van der Waals surface area contributed by atoms with Crippen molar-refractivity contribution in [2.24, 2.45) is 5.92 Å². The fraction of sp³-hybridized carbons (Fsp3) is 0.500. The van der Waals surface area contributed by atoms with Crippen LogP contribution >= 0.6 is 11.6 Å². The van der Waals surface area contributed by atoms with Gasteiger partial charge in [0, 0.05) is 11.3 Å². The Morgan fingerprint density at radius 1 is 1.56 bits per heavy atom. The zero-order valence-corrected chi connectivity index (χ0v) is 5.99. The fourth-order valence-electron chi connectivity index (χ4n) is 1.00. The highest BCUT2D eigenvalue weighted by atomic mass is 35.5. The van der Waals surface area contributed by atoms with Crippen LogP contribution in [0.5, 0.6) is 0 Å². The molecule has 0 aromatic carbocycles. The van der Waals surface area contributed by atoms with Crippen LogP contribution in [0.3, 0.4) is 0 Å². The molecule has 0 saturated carbocycles. The van der Waals surface area contributed by atoms with E-state index in [1.165, 1.54) is 19.3 Å². The molecular formula is C8H9Cl. The zero-order valence-electron chi connectivity index (χ0n) is 5.23. The highest BCUT2D eigenvalue weighted by Crippen LogP contribution is 2.15. The van der Waals surface area contributed by atoms with Gasteiger partial charge in [0.15, 0.2) is 0 Å². The first-order valence-electron chi connectivity index (χ1n) is 3.21. The second kappa shape index (κ2) is 3.58. The van der Waals surface area contributed by atoms with E-state index in [0.717, 1.165) is 0 Å². The molecule has 1 aliphatic rings. The van der Waals surface area contributed by atoms with Gasteiger partial charge in [-0.2, -0.15) is 0 Å². The molecular weight excluding hydrogens is 132 g/mol. The first-order chi connectivity index (χ1) is 4.43. The van der Waals surface area contributed by atoms with Gasteiger partial charge in [-0.1, -0.05) is 18.1 Å². The standard InChI is InChI=1S/C8H9Cl/c9-7-6-8-4-2-1-3-5-8/h2,4,8H,1,3,5H2. The van der Waals surface area contributed by atoms with Gasteiger partial charge >= 0.3 is 0 Å². The summed E-state index contributed by atoms with van der Waals surface area (Å²) in [5.41, 5.74) is 0. The Kier molecular flexibility index (Phi) is 2.67. The Hall–Kier alpha value is -0.410. The van der Waals surface area contributed by atoms with Crippen molar-refractivity contribution in [3.8, 4) is 11.3 Å². The maximum Gasteiger partial charge on any atom is 0.0395 e. The number of hydrogen-bond donors (Lipinski definition) is 0. The second-order valence-corrected chi connectivity index (χ2v) is 2.39. The molecule has 0 spiro atoms. The monoisotopic (exact) mass is 140 g/mol. The normalized spacial score (nSPS) is 24.8. The third kappa shape index (κ3) is 2.11. The van der Waals surface area contributed by atoms with Crippen molar-refractivity contribution in [3.63, 3.8) is 0 Å². The van der Waals surface area contributed by atoms with Gasteiger partial charge < -0.3 is 0 Å². The lowest BCUT2D eigenvalue weighted by Gasteiger charge is -2.07. The van der Waals surface area contributed by atoms with E-state index in [1.807, 2.05) is 0 Å². The third-order valence-corrected chi connectivity index (χ3v) is 1.60. The number of hydrogen-bond acceptors (Lipinski definition) is 0. The molecule has 1 atom stereocenters. The summed E-state index contributed by atoms with van der Waals surface area (Å²) in [4.78, 5) is 0. The molecule has 0 heterocycles. The molecule has 1 heteroatoms. The van der Waals surface area contributed by atoms with Gasteiger partial charge in [-0.15, -0.1) is 0 Å². The fourth-order valence-corrected chi connectivity index (χ4v) is 1.14. The van der Waals surface area contributed by atoms with Crippen molar-refractivity contribution in [2.45, 2.75) is 19.3 Å². The summed E-state index contributed by atoms with van der Waals surface area (Å²) >= 11 is 5.24. The molecule has 0 aromatic rings. The highest BCUT2D eigenvalue weighted by molar-refractivity contribution is 6.30. The summed E-state index contributed by atoms with van der Waals surface area (Å²) in [7, 11) is 0.